The Morgan fingerprint density at radius 3 is 2.50 bits per heavy atom. The monoisotopic (exact) mass is 370 g/mol. The Labute approximate surface area is 157 Å². The van der Waals surface area contributed by atoms with Crippen molar-refractivity contribution < 1.29 is 9.47 Å². The van der Waals surface area contributed by atoms with Crippen LogP contribution in [0, 0.1) is 6.92 Å². The zero-order chi connectivity index (χ0) is 18.5. The molecule has 0 atom stereocenters. The lowest BCUT2D eigenvalue weighted by atomic mass is 10.2. The number of ether oxygens (including phenoxy) is 2. The van der Waals surface area contributed by atoms with E-state index < -0.39 is 0 Å². The number of nitrogens with one attached hydrogen (secondary N) is 2. The molecule has 7 heteroatoms. The minimum Gasteiger partial charge on any atom is -0.495 e. The summed E-state index contributed by atoms with van der Waals surface area (Å²) in [7, 11) is 3.13. The number of hydrogen-bond donors (Lipinski definition) is 2. The first-order valence-electron chi connectivity index (χ1n) is 7.94. The van der Waals surface area contributed by atoms with Gasteiger partial charge in [-0.25, -0.2) is 4.98 Å². The van der Waals surface area contributed by atoms with Gasteiger partial charge in [0.15, 0.2) is 0 Å². The molecule has 0 unspecified atom stereocenters. The van der Waals surface area contributed by atoms with Gasteiger partial charge in [-0.3, -0.25) is 0 Å². The third kappa shape index (κ3) is 4.15. The highest BCUT2D eigenvalue weighted by molar-refractivity contribution is 6.32. The first-order valence-corrected chi connectivity index (χ1v) is 8.32. The van der Waals surface area contributed by atoms with Crippen molar-refractivity contribution in [2.75, 3.05) is 24.9 Å². The predicted octanol–water partition coefficient (Wildman–Crippen LogP) is 4.94. The Balaban J connectivity index is 1.85. The molecule has 3 aromatic rings. The van der Waals surface area contributed by atoms with Crippen molar-refractivity contribution >= 4 is 34.7 Å². The molecule has 0 aliphatic heterocycles. The zero-order valence-electron chi connectivity index (χ0n) is 14.7. The lowest BCUT2D eigenvalue weighted by Crippen LogP contribution is -2.02. The first kappa shape index (κ1) is 17.8. The van der Waals surface area contributed by atoms with Crippen molar-refractivity contribution in [3.8, 4) is 11.5 Å². The molecule has 0 aliphatic carbocycles. The van der Waals surface area contributed by atoms with Crippen molar-refractivity contribution in [1.82, 2.24) is 9.97 Å². The second-order valence-electron chi connectivity index (χ2n) is 5.57. The molecule has 2 N–H and O–H groups in total. The second-order valence-corrected chi connectivity index (χ2v) is 5.98. The summed E-state index contributed by atoms with van der Waals surface area (Å²) in [5, 5.41) is 6.86. The van der Waals surface area contributed by atoms with Crippen LogP contribution in [0.1, 0.15) is 5.56 Å². The molecule has 0 bridgehead atoms. The molecule has 0 spiro atoms. The van der Waals surface area contributed by atoms with E-state index >= 15 is 0 Å². The van der Waals surface area contributed by atoms with E-state index in [1.165, 1.54) is 5.56 Å². The summed E-state index contributed by atoms with van der Waals surface area (Å²) in [5.74, 6) is 2.19. The Bertz CT molecular complexity index is 918. The topological polar surface area (TPSA) is 68.3 Å². The number of halogens is 1. The van der Waals surface area contributed by atoms with E-state index in [1.54, 1.807) is 38.6 Å². The normalized spacial score (nSPS) is 10.3. The lowest BCUT2D eigenvalue weighted by Gasteiger charge is -2.13. The number of methoxy groups -OCH3 is 2. The van der Waals surface area contributed by atoms with Gasteiger partial charge < -0.3 is 20.1 Å². The number of hydrogen-bond acceptors (Lipinski definition) is 6. The summed E-state index contributed by atoms with van der Waals surface area (Å²) in [6, 6.07) is 13.3. The van der Waals surface area contributed by atoms with Gasteiger partial charge in [0, 0.05) is 24.0 Å². The van der Waals surface area contributed by atoms with Crippen LogP contribution in [-0.4, -0.2) is 24.2 Å². The summed E-state index contributed by atoms with van der Waals surface area (Å²) >= 11 is 6.14. The van der Waals surface area contributed by atoms with Gasteiger partial charge in [-0.1, -0.05) is 23.7 Å². The van der Waals surface area contributed by atoms with Crippen LogP contribution in [0.5, 0.6) is 11.5 Å². The molecule has 134 valence electrons. The Hall–Kier alpha value is -2.99. The van der Waals surface area contributed by atoms with E-state index in [9.17, 15) is 0 Å². The summed E-state index contributed by atoms with van der Waals surface area (Å²) in [6.45, 7) is 2.04. The van der Waals surface area contributed by atoms with Crippen LogP contribution in [0.3, 0.4) is 0 Å². The molecule has 0 aliphatic rings. The third-order valence-electron chi connectivity index (χ3n) is 3.67. The average Bonchev–Trinajstić information content (AvgIpc) is 2.63. The maximum atomic E-state index is 6.14. The number of nitrogens with zero attached hydrogens (tertiary/aromatic N) is 2. The number of rotatable bonds is 6. The molecule has 0 fully saturated rings. The van der Waals surface area contributed by atoms with Crippen molar-refractivity contribution in [2.45, 2.75) is 6.92 Å². The van der Waals surface area contributed by atoms with Crippen LogP contribution in [0.2, 0.25) is 5.02 Å². The smallest absolute Gasteiger partial charge is 0.229 e. The molecule has 0 radical (unpaired) electrons. The van der Waals surface area contributed by atoms with Gasteiger partial charge in [0.2, 0.25) is 5.95 Å². The quantitative estimate of drug-likeness (QED) is 0.640. The first-order chi connectivity index (χ1) is 12.6. The highest BCUT2D eigenvalue weighted by Crippen LogP contribution is 2.36. The number of aromatic nitrogens is 2. The third-order valence-corrected chi connectivity index (χ3v) is 3.96. The maximum absolute atomic E-state index is 6.14. The molecule has 2 aromatic carbocycles. The van der Waals surface area contributed by atoms with Crippen molar-refractivity contribution in [2.24, 2.45) is 0 Å². The molecule has 1 heterocycles. The fourth-order valence-corrected chi connectivity index (χ4v) is 2.67. The largest absolute Gasteiger partial charge is 0.495 e. The van der Waals surface area contributed by atoms with Crippen molar-refractivity contribution in [3.05, 3.63) is 59.2 Å². The molecule has 3 rings (SSSR count). The fourth-order valence-electron chi connectivity index (χ4n) is 2.44. The van der Waals surface area contributed by atoms with Crippen LogP contribution in [-0.2, 0) is 0 Å². The standard InChI is InChI=1S/C19H19ClN4O2/c1-12-5-4-6-13(9-12)22-18-7-8-21-19(24-18)23-15-11-16(25-2)14(20)10-17(15)26-3/h4-11H,1-3H3,(H2,21,22,23,24). The van der Waals surface area contributed by atoms with Crippen LogP contribution < -0.4 is 20.1 Å². The van der Waals surface area contributed by atoms with Gasteiger partial charge >= 0.3 is 0 Å². The van der Waals surface area contributed by atoms with Crippen molar-refractivity contribution in [1.29, 1.82) is 0 Å². The summed E-state index contributed by atoms with van der Waals surface area (Å²) < 4.78 is 10.6. The van der Waals surface area contributed by atoms with Gasteiger partial charge in [-0.05, 0) is 30.7 Å². The average molecular weight is 371 g/mol. The molecule has 0 amide bonds. The molecule has 0 saturated heterocycles. The summed E-state index contributed by atoms with van der Waals surface area (Å²) in [5.41, 5.74) is 2.78. The van der Waals surface area contributed by atoms with Crippen LogP contribution in [0.4, 0.5) is 23.1 Å². The fraction of sp³-hybridized carbons (Fsp3) is 0.158. The summed E-state index contributed by atoms with van der Waals surface area (Å²) in [6.07, 6.45) is 1.67. The molecule has 26 heavy (non-hydrogen) atoms. The van der Waals surface area contributed by atoms with Crippen LogP contribution in [0.25, 0.3) is 0 Å². The van der Waals surface area contributed by atoms with E-state index in [4.69, 9.17) is 21.1 Å². The van der Waals surface area contributed by atoms with Crippen LogP contribution in [0.15, 0.2) is 48.7 Å². The highest BCUT2D eigenvalue weighted by Gasteiger charge is 2.11. The molecule has 6 nitrogen and oxygen atoms in total. The Kier molecular flexibility index (Phi) is 5.43. The number of aryl methyl sites for hydroxylation is 1. The van der Waals surface area contributed by atoms with E-state index in [-0.39, 0.29) is 0 Å². The summed E-state index contributed by atoms with van der Waals surface area (Å²) in [4.78, 5) is 8.74. The molecular weight excluding hydrogens is 352 g/mol. The maximum Gasteiger partial charge on any atom is 0.229 e. The SMILES string of the molecule is COc1cc(Nc2nccc(Nc3cccc(C)c3)n2)c(OC)cc1Cl. The molecule has 1 aromatic heterocycles. The van der Waals surface area contributed by atoms with Gasteiger partial charge in [-0.15, -0.1) is 0 Å². The van der Waals surface area contributed by atoms with Crippen molar-refractivity contribution in [3.63, 3.8) is 0 Å². The van der Waals surface area contributed by atoms with Gasteiger partial charge in [-0.2, -0.15) is 4.98 Å². The van der Waals surface area contributed by atoms with E-state index in [1.807, 2.05) is 31.2 Å². The van der Waals surface area contributed by atoms with Gasteiger partial charge in [0.1, 0.15) is 17.3 Å². The molecular formula is C19H19ClN4O2. The minimum atomic E-state index is 0.422. The zero-order valence-corrected chi connectivity index (χ0v) is 15.5. The van der Waals surface area contributed by atoms with E-state index in [0.717, 1.165) is 5.69 Å². The van der Waals surface area contributed by atoms with Crippen LogP contribution >= 0.6 is 11.6 Å². The van der Waals surface area contributed by atoms with E-state index in [0.29, 0.717) is 34.0 Å². The second kappa shape index (κ2) is 7.93. The number of benzene rings is 2. The molecule has 0 saturated carbocycles. The van der Waals surface area contributed by atoms with Gasteiger partial charge in [0.25, 0.3) is 0 Å². The lowest BCUT2D eigenvalue weighted by molar-refractivity contribution is 0.405. The Morgan fingerprint density at radius 2 is 1.77 bits per heavy atom. The van der Waals surface area contributed by atoms with Gasteiger partial charge in [0.05, 0.1) is 24.9 Å². The van der Waals surface area contributed by atoms with E-state index in [2.05, 4.69) is 20.6 Å². The predicted molar refractivity (Wildman–Crippen MR) is 104 cm³/mol. The highest BCUT2D eigenvalue weighted by atomic mass is 35.5. The minimum absolute atomic E-state index is 0.422. The Morgan fingerprint density at radius 1 is 0.962 bits per heavy atom. The number of anilines is 4.